The lowest BCUT2D eigenvalue weighted by Gasteiger charge is -2.39. The van der Waals surface area contributed by atoms with Gasteiger partial charge in [0.25, 0.3) is 0 Å². The molecule has 0 aliphatic rings. The summed E-state index contributed by atoms with van der Waals surface area (Å²) in [6, 6.07) is 0. The van der Waals surface area contributed by atoms with Crippen molar-refractivity contribution < 1.29 is 0 Å². The number of nitrogens with zero attached hydrogens (tertiary/aromatic N) is 1. The molecule has 1 atom stereocenters. The highest BCUT2D eigenvalue weighted by atomic mass is 15.2. The van der Waals surface area contributed by atoms with Gasteiger partial charge in [-0.25, -0.2) is 0 Å². The highest BCUT2D eigenvalue weighted by molar-refractivity contribution is 4.83. The van der Waals surface area contributed by atoms with Gasteiger partial charge in [0.05, 0.1) is 0 Å². The largest absolute Gasteiger partial charge is 0.301 e. The molecule has 0 amide bonds. The van der Waals surface area contributed by atoms with Gasteiger partial charge in [0, 0.05) is 5.54 Å². The zero-order valence-electron chi connectivity index (χ0n) is 14.5. The van der Waals surface area contributed by atoms with Gasteiger partial charge in [0.15, 0.2) is 0 Å². The van der Waals surface area contributed by atoms with Gasteiger partial charge in [-0.1, -0.05) is 52.7 Å². The molecule has 0 aromatic carbocycles. The first-order chi connectivity index (χ1) is 8.82. The Kier molecular flexibility index (Phi) is 9.43. The molecule has 0 aliphatic heterocycles. The number of allylic oxidation sites excluding steroid dienone is 2. The molecule has 0 aliphatic carbocycles. The molecule has 114 valence electrons. The Morgan fingerprint density at radius 2 is 1.68 bits per heavy atom. The van der Waals surface area contributed by atoms with Crippen LogP contribution in [0.2, 0.25) is 0 Å². The highest BCUT2D eigenvalue weighted by Gasteiger charge is 2.26. The number of rotatable bonds is 10. The Bertz CT molecular complexity index is 240. The van der Waals surface area contributed by atoms with Crippen LogP contribution in [-0.2, 0) is 0 Å². The Hall–Kier alpha value is -0.300. The smallest absolute Gasteiger partial charge is 0.0173 e. The maximum absolute atomic E-state index is 2.53. The summed E-state index contributed by atoms with van der Waals surface area (Å²) in [5.74, 6) is 1.54. The summed E-state index contributed by atoms with van der Waals surface area (Å²) in [5, 5.41) is 0. The van der Waals surface area contributed by atoms with Crippen molar-refractivity contribution in [1.82, 2.24) is 4.90 Å². The van der Waals surface area contributed by atoms with Gasteiger partial charge in [-0.2, -0.15) is 0 Å². The lowest BCUT2D eigenvalue weighted by atomic mass is 9.89. The van der Waals surface area contributed by atoms with Crippen LogP contribution in [0.5, 0.6) is 0 Å². The maximum Gasteiger partial charge on any atom is 0.0173 e. The minimum absolute atomic E-state index is 0.315. The number of unbranched alkanes of at least 4 members (excludes halogenated alkanes) is 1. The molecule has 0 saturated heterocycles. The van der Waals surface area contributed by atoms with Crippen LogP contribution >= 0.6 is 0 Å². The van der Waals surface area contributed by atoms with E-state index >= 15 is 0 Å². The molecule has 1 nitrogen and oxygen atoms in total. The summed E-state index contributed by atoms with van der Waals surface area (Å²) in [5.41, 5.74) is 0.315. The molecule has 0 rings (SSSR count). The maximum atomic E-state index is 2.53. The van der Waals surface area contributed by atoms with E-state index in [0.29, 0.717) is 11.5 Å². The van der Waals surface area contributed by atoms with Crippen molar-refractivity contribution in [3.8, 4) is 0 Å². The van der Waals surface area contributed by atoms with Gasteiger partial charge < -0.3 is 4.90 Å². The predicted octanol–water partition coefficient (Wildman–Crippen LogP) is 5.52. The Labute approximate surface area is 122 Å². The molecule has 0 N–H and O–H groups in total. The van der Waals surface area contributed by atoms with Crippen molar-refractivity contribution in [3.05, 3.63) is 12.2 Å². The van der Waals surface area contributed by atoms with Crippen LogP contribution < -0.4 is 0 Å². The van der Waals surface area contributed by atoms with Gasteiger partial charge in [0.1, 0.15) is 0 Å². The highest BCUT2D eigenvalue weighted by Crippen LogP contribution is 2.23. The average molecular weight is 268 g/mol. The molecule has 1 heteroatoms. The molecular weight excluding hydrogens is 230 g/mol. The molecule has 19 heavy (non-hydrogen) atoms. The SMILES string of the molecule is CC/C=C/CC(C)CCCCN(C)C(C)(C)C(C)C. The van der Waals surface area contributed by atoms with E-state index in [9.17, 15) is 0 Å². The molecule has 0 aromatic rings. The predicted molar refractivity (Wildman–Crippen MR) is 88.6 cm³/mol. The third-order valence-corrected chi connectivity index (χ3v) is 4.78. The summed E-state index contributed by atoms with van der Waals surface area (Å²) in [4.78, 5) is 2.53. The molecule has 0 radical (unpaired) electrons. The molecule has 0 saturated carbocycles. The van der Waals surface area contributed by atoms with Crippen LogP contribution in [0.25, 0.3) is 0 Å². The standard InChI is InChI=1S/C18H37N/c1-8-9-10-13-17(4)14-11-12-15-19(7)18(5,6)16(2)3/h9-10,16-17H,8,11-15H2,1-7H3/b10-9+. The molecular formula is C18H37N. The summed E-state index contributed by atoms with van der Waals surface area (Å²) >= 11 is 0. The van der Waals surface area contributed by atoms with Crippen molar-refractivity contribution >= 4 is 0 Å². The minimum atomic E-state index is 0.315. The molecule has 0 fully saturated rings. The third-order valence-electron chi connectivity index (χ3n) is 4.78. The summed E-state index contributed by atoms with van der Waals surface area (Å²) in [7, 11) is 2.27. The lowest BCUT2D eigenvalue weighted by Crippen LogP contribution is -2.45. The van der Waals surface area contributed by atoms with E-state index in [1.54, 1.807) is 0 Å². The number of hydrogen-bond acceptors (Lipinski definition) is 1. The average Bonchev–Trinajstić information content (AvgIpc) is 2.34. The first-order valence-electron chi connectivity index (χ1n) is 8.18. The van der Waals surface area contributed by atoms with Gasteiger partial charge in [-0.15, -0.1) is 0 Å². The van der Waals surface area contributed by atoms with Gasteiger partial charge >= 0.3 is 0 Å². The first-order valence-corrected chi connectivity index (χ1v) is 8.18. The third kappa shape index (κ3) is 7.77. The summed E-state index contributed by atoms with van der Waals surface area (Å²) in [6.07, 6.45) is 11.1. The van der Waals surface area contributed by atoms with Crippen molar-refractivity contribution in [2.75, 3.05) is 13.6 Å². The van der Waals surface area contributed by atoms with E-state index in [4.69, 9.17) is 0 Å². The molecule has 0 bridgehead atoms. The fourth-order valence-electron chi connectivity index (χ4n) is 2.18. The summed E-state index contributed by atoms with van der Waals surface area (Å²) < 4.78 is 0. The second kappa shape index (κ2) is 9.58. The molecule has 0 aromatic heterocycles. The fourth-order valence-corrected chi connectivity index (χ4v) is 2.18. The quantitative estimate of drug-likeness (QED) is 0.372. The van der Waals surface area contributed by atoms with E-state index in [-0.39, 0.29) is 0 Å². The van der Waals surface area contributed by atoms with Crippen LogP contribution in [0.1, 0.15) is 73.6 Å². The minimum Gasteiger partial charge on any atom is -0.301 e. The van der Waals surface area contributed by atoms with Crippen LogP contribution in [0, 0.1) is 11.8 Å². The van der Waals surface area contributed by atoms with E-state index in [1.807, 2.05) is 0 Å². The molecule has 0 spiro atoms. The van der Waals surface area contributed by atoms with Crippen LogP contribution in [-0.4, -0.2) is 24.0 Å². The lowest BCUT2D eigenvalue weighted by molar-refractivity contribution is 0.103. The normalized spacial score (nSPS) is 14.8. The van der Waals surface area contributed by atoms with Crippen molar-refractivity contribution in [2.45, 2.75) is 79.2 Å². The Morgan fingerprint density at radius 1 is 1.05 bits per heavy atom. The van der Waals surface area contributed by atoms with Crippen LogP contribution in [0.3, 0.4) is 0 Å². The monoisotopic (exact) mass is 267 g/mol. The van der Waals surface area contributed by atoms with Crippen molar-refractivity contribution in [1.29, 1.82) is 0 Å². The zero-order chi connectivity index (χ0) is 14.9. The molecule has 1 unspecified atom stereocenters. The Balaban J connectivity index is 3.77. The second-order valence-corrected chi connectivity index (χ2v) is 6.95. The van der Waals surface area contributed by atoms with Gasteiger partial charge in [-0.3, -0.25) is 0 Å². The Morgan fingerprint density at radius 3 is 2.21 bits per heavy atom. The van der Waals surface area contributed by atoms with E-state index < -0.39 is 0 Å². The van der Waals surface area contributed by atoms with Crippen molar-refractivity contribution in [3.63, 3.8) is 0 Å². The summed E-state index contributed by atoms with van der Waals surface area (Å²) in [6.45, 7) is 15.2. The van der Waals surface area contributed by atoms with Crippen LogP contribution in [0.15, 0.2) is 12.2 Å². The second-order valence-electron chi connectivity index (χ2n) is 6.95. The zero-order valence-corrected chi connectivity index (χ0v) is 14.5. The topological polar surface area (TPSA) is 3.24 Å². The van der Waals surface area contributed by atoms with Crippen molar-refractivity contribution in [2.24, 2.45) is 11.8 Å². The van der Waals surface area contributed by atoms with Gasteiger partial charge in [-0.05, 0) is 58.5 Å². The molecule has 0 heterocycles. The van der Waals surface area contributed by atoms with Crippen LogP contribution in [0.4, 0.5) is 0 Å². The van der Waals surface area contributed by atoms with Gasteiger partial charge in [0.2, 0.25) is 0 Å². The van der Waals surface area contributed by atoms with E-state index in [1.165, 1.54) is 38.6 Å². The fraction of sp³-hybridized carbons (Fsp3) is 0.889. The van der Waals surface area contributed by atoms with E-state index in [0.717, 1.165) is 5.92 Å². The van der Waals surface area contributed by atoms with E-state index in [2.05, 4.69) is 65.6 Å². The number of hydrogen-bond donors (Lipinski definition) is 0. The first kappa shape index (κ1) is 18.7.